The molecule has 1 aromatic rings. The first-order valence-corrected chi connectivity index (χ1v) is 5.75. The van der Waals surface area contributed by atoms with Crippen LogP contribution in [0.3, 0.4) is 0 Å². The maximum atomic E-state index is 13.5. The van der Waals surface area contributed by atoms with Gasteiger partial charge in [-0.15, -0.1) is 0 Å². The normalized spacial score (nSPS) is 12.4. The van der Waals surface area contributed by atoms with Crippen LogP contribution in [0.25, 0.3) is 0 Å². The van der Waals surface area contributed by atoms with Gasteiger partial charge in [-0.1, -0.05) is 6.07 Å². The van der Waals surface area contributed by atoms with Gasteiger partial charge >= 0.3 is 5.97 Å². The molecule has 0 heterocycles. The van der Waals surface area contributed by atoms with Gasteiger partial charge in [-0.2, -0.15) is 0 Å². The molecule has 0 spiro atoms. The minimum Gasteiger partial charge on any atom is -0.478 e. The van der Waals surface area contributed by atoms with E-state index in [-0.39, 0.29) is 18.3 Å². The van der Waals surface area contributed by atoms with E-state index < -0.39 is 11.8 Å². The predicted octanol–water partition coefficient (Wildman–Crippen LogP) is 2.47. The highest BCUT2D eigenvalue weighted by Gasteiger charge is 2.10. The van der Waals surface area contributed by atoms with Crippen molar-refractivity contribution in [3.63, 3.8) is 0 Å². The number of aromatic carboxylic acids is 1. The van der Waals surface area contributed by atoms with Crippen LogP contribution in [0.2, 0.25) is 0 Å². The molecule has 0 aliphatic carbocycles. The molecule has 18 heavy (non-hydrogen) atoms. The van der Waals surface area contributed by atoms with Gasteiger partial charge in [-0.3, -0.25) is 0 Å². The summed E-state index contributed by atoms with van der Waals surface area (Å²) >= 11 is 0. The lowest BCUT2D eigenvalue weighted by Crippen LogP contribution is -2.16. The third kappa shape index (κ3) is 4.43. The standard InChI is InChI=1S/C13H17FO4/c1-3-17-7-9(2)18-8-11-5-4-10(13(15)16)6-12(11)14/h4-6,9H,3,7-8H2,1-2H3,(H,15,16). The van der Waals surface area contributed by atoms with Gasteiger partial charge in [0.05, 0.1) is 24.9 Å². The van der Waals surface area contributed by atoms with Crippen LogP contribution in [-0.2, 0) is 16.1 Å². The fourth-order valence-corrected chi connectivity index (χ4v) is 1.36. The number of hydrogen-bond donors (Lipinski definition) is 1. The average Bonchev–Trinajstić information content (AvgIpc) is 2.34. The lowest BCUT2D eigenvalue weighted by molar-refractivity contribution is -0.0125. The summed E-state index contributed by atoms with van der Waals surface area (Å²) in [4.78, 5) is 10.6. The summed E-state index contributed by atoms with van der Waals surface area (Å²) in [6.45, 7) is 4.87. The monoisotopic (exact) mass is 256 g/mol. The number of carboxylic acids is 1. The first-order valence-electron chi connectivity index (χ1n) is 5.75. The topological polar surface area (TPSA) is 55.8 Å². The number of rotatable bonds is 7. The van der Waals surface area contributed by atoms with E-state index in [4.69, 9.17) is 14.6 Å². The van der Waals surface area contributed by atoms with Gasteiger partial charge in [0.15, 0.2) is 0 Å². The number of hydrogen-bond acceptors (Lipinski definition) is 3. The molecule has 0 aliphatic rings. The molecule has 0 aromatic heterocycles. The smallest absolute Gasteiger partial charge is 0.335 e. The minimum atomic E-state index is -1.15. The second-order valence-corrected chi connectivity index (χ2v) is 3.89. The van der Waals surface area contributed by atoms with E-state index in [2.05, 4.69) is 0 Å². The molecule has 1 atom stereocenters. The second kappa shape index (κ2) is 7.08. The Morgan fingerprint density at radius 1 is 1.50 bits per heavy atom. The highest BCUT2D eigenvalue weighted by atomic mass is 19.1. The SMILES string of the molecule is CCOCC(C)OCc1ccc(C(=O)O)cc1F. The van der Waals surface area contributed by atoms with E-state index >= 15 is 0 Å². The second-order valence-electron chi connectivity index (χ2n) is 3.89. The van der Waals surface area contributed by atoms with Crippen molar-refractivity contribution in [2.75, 3.05) is 13.2 Å². The van der Waals surface area contributed by atoms with Crippen LogP contribution in [0.5, 0.6) is 0 Å². The Labute approximate surface area is 105 Å². The zero-order valence-corrected chi connectivity index (χ0v) is 10.5. The van der Waals surface area contributed by atoms with Gasteiger partial charge in [-0.25, -0.2) is 9.18 Å². The summed E-state index contributed by atoms with van der Waals surface area (Å²) in [5.74, 6) is -1.72. The average molecular weight is 256 g/mol. The molecule has 0 fully saturated rings. The highest BCUT2D eigenvalue weighted by Crippen LogP contribution is 2.12. The molecule has 0 amide bonds. The first-order chi connectivity index (χ1) is 8.54. The molecule has 0 saturated carbocycles. The number of carboxylic acid groups (broad SMARTS) is 1. The molecule has 1 unspecified atom stereocenters. The fourth-order valence-electron chi connectivity index (χ4n) is 1.36. The Bertz CT molecular complexity index is 406. The number of carbonyl (C=O) groups is 1. The van der Waals surface area contributed by atoms with Crippen LogP contribution >= 0.6 is 0 Å². The molecule has 100 valence electrons. The van der Waals surface area contributed by atoms with Gasteiger partial charge in [0, 0.05) is 12.2 Å². The molecule has 4 nitrogen and oxygen atoms in total. The van der Waals surface area contributed by atoms with Gasteiger partial charge < -0.3 is 14.6 Å². The minimum absolute atomic E-state index is 0.0707. The van der Waals surface area contributed by atoms with Crippen LogP contribution in [0.4, 0.5) is 4.39 Å². The summed E-state index contributed by atoms with van der Waals surface area (Å²) in [6.07, 6.45) is -0.136. The largest absolute Gasteiger partial charge is 0.478 e. The highest BCUT2D eigenvalue weighted by molar-refractivity contribution is 5.87. The number of ether oxygens (including phenoxy) is 2. The van der Waals surface area contributed by atoms with Gasteiger partial charge in [0.25, 0.3) is 0 Å². The van der Waals surface area contributed by atoms with Crippen molar-refractivity contribution < 1.29 is 23.8 Å². The number of halogens is 1. The molecule has 1 aromatic carbocycles. The van der Waals surface area contributed by atoms with Crippen molar-refractivity contribution in [1.29, 1.82) is 0 Å². The Kier molecular flexibility index (Phi) is 5.74. The maximum absolute atomic E-state index is 13.5. The molecule has 1 N–H and O–H groups in total. The van der Waals surface area contributed by atoms with E-state index in [1.54, 1.807) is 0 Å². The molecule has 5 heteroatoms. The van der Waals surface area contributed by atoms with Crippen LogP contribution in [0.1, 0.15) is 29.8 Å². The summed E-state index contributed by atoms with van der Waals surface area (Å²) in [7, 11) is 0. The third-order valence-electron chi connectivity index (χ3n) is 2.38. The van der Waals surface area contributed by atoms with E-state index in [0.717, 1.165) is 6.07 Å². The zero-order chi connectivity index (χ0) is 13.5. The maximum Gasteiger partial charge on any atom is 0.335 e. The van der Waals surface area contributed by atoms with Crippen LogP contribution in [-0.4, -0.2) is 30.4 Å². The lowest BCUT2D eigenvalue weighted by Gasteiger charge is -2.13. The van der Waals surface area contributed by atoms with Gasteiger partial charge in [0.2, 0.25) is 0 Å². The van der Waals surface area contributed by atoms with E-state index in [1.165, 1.54) is 12.1 Å². The van der Waals surface area contributed by atoms with E-state index in [0.29, 0.717) is 18.8 Å². The summed E-state index contributed by atoms with van der Waals surface area (Å²) in [5.41, 5.74) is 0.266. The molecule has 0 aliphatic heterocycles. The van der Waals surface area contributed by atoms with E-state index in [9.17, 15) is 9.18 Å². The third-order valence-corrected chi connectivity index (χ3v) is 2.38. The lowest BCUT2D eigenvalue weighted by atomic mass is 10.1. The first kappa shape index (κ1) is 14.6. The molecule has 1 rings (SSSR count). The Morgan fingerprint density at radius 3 is 2.78 bits per heavy atom. The predicted molar refractivity (Wildman–Crippen MR) is 64.1 cm³/mol. The van der Waals surface area contributed by atoms with Crippen molar-refractivity contribution in [3.05, 3.63) is 35.1 Å². The molecular weight excluding hydrogens is 239 g/mol. The summed E-state index contributed by atoms with van der Waals surface area (Å²) < 4.78 is 24.1. The molecular formula is C13H17FO4. The Balaban J connectivity index is 2.55. The Morgan fingerprint density at radius 2 is 2.22 bits per heavy atom. The van der Waals surface area contributed by atoms with Crippen molar-refractivity contribution >= 4 is 5.97 Å². The number of benzene rings is 1. The van der Waals surface area contributed by atoms with Crippen LogP contribution in [0, 0.1) is 5.82 Å². The van der Waals surface area contributed by atoms with Crippen molar-refractivity contribution in [3.8, 4) is 0 Å². The molecule has 0 radical (unpaired) electrons. The fraction of sp³-hybridized carbons (Fsp3) is 0.462. The van der Waals surface area contributed by atoms with Crippen LogP contribution in [0.15, 0.2) is 18.2 Å². The van der Waals surface area contributed by atoms with Crippen molar-refractivity contribution in [2.45, 2.75) is 26.6 Å². The molecule has 0 saturated heterocycles. The Hall–Kier alpha value is -1.46. The summed E-state index contributed by atoms with van der Waals surface area (Å²) in [5, 5.41) is 8.70. The van der Waals surface area contributed by atoms with Crippen molar-refractivity contribution in [2.24, 2.45) is 0 Å². The summed E-state index contributed by atoms with van der Waals surface area (Å²) in [6, 6.07) is 3.78. The molecule has 0 bridgehead atoms. The zero-order valence-electron chi connectivity index (χ0n) is 10.5. The van der Waals surface area contributed by atoms with Gasteiger partial charge in [-0.05, 0) is 26.0 Å². The quantitative estimate of drug-likeness (QED) is 0.814. The van der Waals surface area contributed by atoms with Crippen LogP contribution < -0.4 is 0 Å². The van der Waals surface area contributed by atoms with E-state index in [1.807, 2.05) is 13.8 Å². The van der Waals surface area contributed by atoms with Gasteiger partial charge in [0.1, 0.15) is 5.82 Å². The van der Waals surface area contributed by atoms with Crippen molar-refractivity contribution in [1.82, 2.24) is 0 Å².